The lowest BCUT2D eigenvalue weighted by Crippen LogP contribution is -2.02. The van der Waals surface area contributed by atoms with Gasteiger partial charge in [0.05, 0.1) is 25.0 Å². The largest absolute Gasteiger partial charge is 0.223 e. The van der Waals surface area contributed by atoms with E-state index in [9.17, 15) is 8.42 Å². The van der Waals surface area contributed by atoms with Gasteiger partial charge in [0.25, 0.3) is 0 Å². The van der Waals surface area contributed by atoms with Crippen molar-refractivity contribution in [2.45, 2.75) is 4.90 Å². The van der Waals surface area contributed by atoms with E-state index in [4.69, 9.17) is 34.8 Å². The standard InChI is InChI=1S/C7H5Cl3O2S2/c8-5-1-4(14(11,12)3-13)2-6(9)7(5)10/h1-2,13H,3H2. The Balaban J connectivity index is 3.41. The van der Waals surface area contributed by atoms with Crippen molar-refractivity contribution in [3.8, 4) is 0 Å². The normalized spacial score (nSPS) is 11.7. The number of sulfone groups is 1. The molecule has 0 aliphatic heterocycles. The molecule has 0 saturated heterocycles. The number of hydrogen-bond acceptors (Lipinski definition) is 3. The summed E-state index contributed by atoms with van der Waals surface area (Å²) in [6.45, 7) is 0. The lowest BCUT2D eigenvalue weighted by molar-refractivity contribution is 0.601. The molecule has 0 heterocycles. The van der Waals surface area contributed by atoms with Crippen molar-refractivity contribution < 1.29 is 8.42 Å². The molecule has 0 aliphatic carbocycles. The van der Waals surface area contributed by atoms with Gasteiger partial charge in [0.15, 0.2) is 9.84 Å². The van der Waals surface area contributed by atoms with E-state index in [1.54, 1.807) is 0 Å². The highest BCUT2D eigenvalue weighted by molar-refractivity contribution is 8.03. The van der Waals surface area contributed by atoms with Crippen LogP contribution in [0.5, 0.6) is 0 Å². The smallest absolute Gasteiger partial charge is 0.187 e. The average molecular weight is 292 g/mol. The third-order valence-corrected chi connectivity index (χ3v) is 5.00. The van der Waals surface area contributed by atoms with Crippen molar-refractivity contribution >= 4 is 57.3 Å². The number of rotatable bonds is 2. The summed E-state index contributed by atoms with van der Waals surface area (Å²) in [5.74, 6) is 0. The van der Waals surface area contributed by atoms with Gasteiger partial charge in [0.1, 0.15) is 0 Å². The molecule has 0 aliphatic rings. The minimum atomic E-state index is -3.42. The summed E-state index contributed by atoms with van der Waals surface area (Å²) >= 11 is 20.7. The highest BCUT2D eigenvalue weighted by atomic mass is 35.5. The Morgan fingerprint density at radius 3 is 1.93 bits per heavy atom. The molecule has 0 saturated carbocycles. The van der Waals surface area contributed by atoms with Crippen LogP contribution in [0.2, 0.25) is 15.1 Å². The number of thiol groups is 1. The maximum Gasteiger partial charge on any atom is 0.187 e. The molecule has 0 atom stereocenters. The molecular formula is C7H5Cl3O2S2. The van der Waals surface area contributed by atoms with E-state index in [0.717, 1.165) is 0 Å². The van der Waals surface area contributed by atoms with Gasteiger partial charge in [-0.05, 0) is 12.1 Å². The van der Waals surface area contributed by atoms with E-state index < -0.39 is 9.84 Å². The summed E-state index contributed by atoms with van der Waals surface area (Å²) < 4.78 is 22.8. The predicted molar refractivity (Wildman–Crippen MR) is 62.5 cm³/mol. The van der Waals surface area contributed by atoms with Crippen molar-refractivity contribution in [3.05, 3.63) is 27.2 Å². The van der Waals surface area contributed by atoms with E-state index >= 15 is 0 Å². The summed E-state index contributed by atoms with van der Waals surface area (Å²) in [5.41, 5.74) is 0. The second-order valence-corrected chi connectivity index (χ2v) is 6.37. The van der Waals surface area contributed by atoms with Gasteiger partial charge in [-0.15, -0.1) is 0 Å². The fourth-order valence-electron chi connectivity index (χ4n) is 0.786. The molecule has 0 fully saturated rings. The molecular weight excluding hydrogens is 287 g/mol. The molecule has 78 valence electrons. The molecule has 7 heteroatoms. The van der Waals surface area contributed by atoms with Gasteiger partial charge < -0.3 is 0 Å². The monoisotopic (exact) mass is 290 g/mol. The lowest BCUT2D eigenvalue weighted by Gasteiger charge is -2.04. The Morgan fingerprint density at radius 2 is 1.57 bits per heavy atom. The van der Waals surface area contributed by atoms with Gasteiger partial charge in [0.2, 0.25) is 0 Å². The minimum Gasteiger partial charge on any atom is -0.223 e. The summed E-state index contributed by atoms with van der Waals surface area (Å²) in [4.78, 5) is 0.0203. The van der Waals surface area contributed by atoms with Crippen LogP contribution in [-0.2, 0) is 9.84 Å². The molecule has 0 aromatic heterocycles. The Labute approximate surface area is 102 Å². The van der Waals surface area contributed by atoms with Crippen LogP contribution in [0, 0.1) is 0 Å². The van der Waals surface area contributed by atoms with E-state index in [0.29, 0.717) is 0 Å². The molecule has 0 amide bonds. The summed E-state index contributed by atoms with van der Waals surface area (Å²) in [5, 5.41) is 0.0619. The Morgan fingerprint density at radius 1 is 1.14 bits per heavy atom. The zero-order chi connectivity index (χ0) is 10.9. The molecule has 1 aromatic rings. The topological polar surface area (TPSA) is 34.1 Å². The molecule has 0 N–H and O–H groups in total. The Bertz CT molecular complexity index is 433. The van der Waals surface area contributed by atoms with Crippen molar-refractivity contribution in [2.75, 3.05) is 5.08 Å². The van der Waals surface area contributed by atoms with Crippen LogP contribution in [0.1, 0.15) is 0 Å². The number of hydrogen-bond donors (Lipinski definition) is 1. The van der Waals surface area contributed by atoms with Gasteiger partial charge in [-0.2, -0.15) is 12.6 Å². The van der Waals surface area contributed by atoms with Crippen LogP contribution in [0.15, 0.2) is 17.0 Å². The zero-order valence-corrected chi connectivity index (χ0v) is 10.6. The number of benzene rings is 1. The van der Waals surface area contributed by atoms with E-state index in [2.05, 4.69) is 12.6 Å². The maximum atomic E-state index is 11.4. The average Bonchev–Trinajstić information content (AvgIpc) is 2.13. The van der Waals surface area contributed by atoms with Crippen molar-refractivity contribution in [1.29, 1.82) is 0 Å². The van der Waals surface area contributed by atoms with E-state index in [1.807, 2.05) is 0 Å². The van der Waals surface area contributed by atoms with Crippen LogP contribution in [-0.4, -0.2) is 13.5 Å². The molecule has 0 spiro atoms. The van der Waals surface area contributed by atoms with Crippen LogP contribution >= 0.6 is 47.4 Å². The summed E-state index contributed by atoms with van der Waals surface area (Å²) in [6.07, 6.45) is 0. The molecule has 14 heavy (non-hydrogen) atoms. The molecule has 0 radical (unpaired) electrons. The summed E-state index contributed by atoms with van der Waals surface area (Å²) in [7, 11) is -3.42. The summed E-state index contributed by atoms with van der Waals surface area (Å²) in [6, 6.07) is 2.50. The van der Waals surface area contributed by atoms with Crippen molar-refractivity contribution in [2.24, 2.45) is 0 Å². The van der Waals surface area contributed by atoms with Crippen LogP contribution in [0.25, 0.3) is 0 Å². The first-order chi connectivity index (χ1) is 6.38. The van der Waals surface area contributed by atoms with Crippen LogP contribution in [0.3, 0.4) is 0 Å². The van der Waals surface area contributed by atoms with Gasteiger partial charge in [0, 0.05) is 0 Å². The SMILES string of the molecule is O=S(=O)(CS)c1cc(Cl)c(Cl)c(Cl)c1. The third-order valence-electron chi connectivity index (χ3n) is 1.49. The molecule has 0 bridgehead atoms. The van der Waals surface area contributed by atoms with Gasteiger partial charge in [-0.3, -0.25) is 0 Å². The molecule has 1 aromatic carbocycles. The molecule has 1 rings (SSSR count). The second kappa shape index (κ2) is 4.49. The first-order valence-electron chi connectivity index (χ1n) is 3.36. The fraction of sp³-hybridized carbons (Fsp3) is 0.143. The number of halogens is 3. The van der Waals surface area contributed by atoms with Gasteiger partial charge in [-0.25, -0.2) is 8.42 Å². The maximum absolute atomic E-state index is 11.4. The predicted octanol–water partition coefficient (Wildman–Crippen LogP) is 3.31. The van der Waals surface area contributed by atoms with Crippen LogP contribution < -0.4 is 0 Å². The first-order valence-corrected chi connectivity index (χ1v) is 6.78. The Kier molecular flexibility index (Phi) is 4.00. The third kappa shape index (κ3) is 2.49. The lowest BCUT2D eigenvalue weighted by atomic mass is 10.4. The van der Waals surface area contributed by atoms with E-state index in [-0.39, 0.29) is 25.0 Å². The highest BCUT2D eigenvalue weighted by Crippen LogP contribution is 2.33. The Hall–Kier alpha value is 0.390. The minimum absolute atomic E-state index is 0.0203. The fourth-order valence-corrected chi connectivity index (χ4v) is 2.70. The van der Waals surface area contributed by atoms with Gasteiger partial charge >= 0.3 is 0 Å². The molecule has 0 unspecified atom stereocenters. The quantitative estimate of drug-likeness (QED) is 0.670. The second-order valence-electron chi connectivity index (χ2n) is 2.44. The molecule has 2 nitrogen and oxygen atoms in total. The zero-order valence-electron chi connectivity index (χ0n) is 6.67. The van der Waals surface area contributed by atoms with Crippen molar-refractivity contribution in [1.82, 2.24) is 0 Å². The van der Waals surface area contributed by atoms with Crippen molar-refractivity contribution in [3.63, 3.8) is 0 Å². The van der Waals surface area contributed by atoms with Crippen LogP contribution in [0.4, 0.5) is 0 Å². The first kappa shape index (κ1) is 12.5. The highest BCUT2D eigenvalue weighted by Gasteiger charge is 2.15. The van der Waals surface area contributed by atoms with E-state index in [1.165, 1.54) is 12.1 Å². The van der Waals surface area contributed by atoms with Gasteiger partial charge in [-0.1, -0.05) is 34.8 Å².